The first-order chi connectivity index (χ1) is 28.9. The molecule has 2 aliphatic heterocycles. The predicted molar refractivity (Wildman–Crippen MR) is 215 cm³/mol. The van der Waals surface area contributed by atoms with E-state index in [1.807, 2.05) is 83.1 Å². The maximum absolute atomic E-state index is 8.97. The van der Waals surface area contributed by atoms with Crippen molar-refractivity contribution in [1.29, 1.82) is 0 Å². The summed E-state index contributed by atoms with van der Waals surface area (Å²) in [6, 6.07) is 27.8. The summed E-state index contributed by atoms with van der Waals surface area (Å²) >= 11 is 0. The van der Waals surface area contributed by atoms with Gasteiger partial charge >= 0.3 is 20.1 Å². The van der Waals surface area contributed by atoms with Crippen molar-refractivity contribution in [2.45, 2.75) is 73.2 Å². The number of pyridine rings is 1. The van der Waals surface area contributed by atoms with Gasteiger partial charge in [0.15, 0.2) is 0 Å². The minimum absolute atomic E-state index is 0. The number of nitrogens with zero attached hydrogens (tertiary/aromatic N) is 3. The number of aliphatic imine (C=N–C) groups is 1. The van der Waals surface area contributed by atoms with E-state index in [1.54, 1.807) is 36.4 Å². The maximum Gasteiger partial charge on any atom is 3.00 e. The van der Waals surface area contributed by atoms with Gasteiger partial charge in [-0.1, -0.05) is 85.8 Å². The van der Waals surface area contributed by atoms with E-state index in [0.717, 1.165) is 21.9 Å². The Balaban J connectivity index is 0.000000327. The summed E-state index contributed by atoms with van der Waals surface area (Å²) in [5, 5.41) is 5.88. The molecule has 1 unspecified atom stereocenters. The molecule has 6 aromatic rings. The van der Waals surface area contributed by atoms with Crippen molar-refractivity contribution in [1.82, 2.24) is 4.98 Å². The summed E-state index contributed by atoms with van der Waals surface area (Å²) in [5.41, 5.74) is 4.14. The Hall–Kier alpha value is -4.77. The van der Waals surface area contributed by atoms with E-state index in [1.165, 1.54) is 12.4 Å². The number of rotatable bonds is 5. The third kappa shape index (κ3) is 8.56. The van der Waals surface area contributed by atoms with E-state index in [4.69, 9.17) is 22.9 Å². The van der Waals surface area contributed by atoms with E-state index in [9.17, 15) is 0 Å². The molecule has 0 saturated carbocycles. The molecular weight excluding hydrogens is 831 g/mol. The number of furan rings is 1. The second-order valence-corrected chi connectivity index (χ2v) is 14.9. The molecule has 2 aromatic heterocycles. The normalized spacial score (nSPS) is 19.7. The molecule has 0 saturated heterocycles. The van der Waals surface area contributed by atoms with Crippen molar-refractivity contribution < 1.29 is 43.0 Å². The molecule has 0 fully saturated rings. The van der Waals surface area contributed by atoms with Crippen molar-refractivity contribution in [3.8, 4) is 22.4 Å². The molecule has 8 rings (SSSR count). The second-order valence-electron chi connectivity index (χ2n) is 14.9. The van der Waals surface area contributed by atoms with Gasteiger partial charge in [-0.2, -0.15) is 42.1 Å². The zero-order valence-electron chi connectivity index (χ0n) is 40.2. The number of hydrogen-bond donors (Lipinski definition) is 0. The number of benzene rings is 4. The first kappa shape index (κ1) is 26.9. The number of fused-ring (bicyclic) bond motifs is 3. The van der Waals surface area contributed by atoms with Crippen LogP contribution in [0.2, 0.25) is 0 Å². The minimum atomic E-state index is -2.62. The minimum Gasteiger partial charge on any atom is -0.683 e. The fraction of sp³-hybridized carbons (Fsp3) is 0.277. The molecule has 0 bridgehead atoms. The number of aromatic nitrogens is 1. The summed E-state index contributed by atoms with van der Waals surface area (Å²) in [4.78, 5) is 9.19. The fourth-order valence-corrected chi connectivity index (χ4v) is 6.30. The average molecular weight is 887 g/mol. The number of aryl methyl sites for hydroxylation is 2. The van der Waals surface area contributed by atoms with Gasteiger partial charge in [-0.05, 0) is 91.9 Å². The molecule has 0 amide bonds. The Kier molecular flexibility index (Phi) is 7.77. The van der Waals surface area contributed by atoms with Crippen molar-refractivity contribution >= 4 is 27.8 Å². The molecule has 4 heterocycles. The zero-order valence-corrected chi connectivity index (χ0v) is 32.6. The van der Waals surface area contributed by atoms with Crippen LogP contribution in [-0.4, -0.2) is 23.0 Å². The summed E-state index contributed by atoms with van der Waals surface area (Å²) in [6.45, 7) is 3.32. The topological polar surface area (TPSA) is 61.7 Å². The maximum atomic E-state index is 8.97. The van der Waals surface area contributed by atoms with Crippen LogP contribution in [0.5, 0.6) is 0 Å². The molecule has 270 valence electrons. The Morgan fingerprint density at radius 1 is 0.962 bits per heavy atom. The van der Waals surface area contributed by atoms with Crippen LogP contribution in [0.1, 0.15) is 89.0 Å². The van der Waals surface area contributed by atoms with Crippen LogP contribution in [-0.2, 0) is 31.3 Å². The largest absolute Gasteiger partial charge is 3.00 e. The number of ether oxygens (including phenoxy) is 1. The zero-order chi connectivity index (χ0) is 45.0. The van der Waals surface area contributed by atoms with Gasteiger partial charge in [-0.25, -0.2) is 4.99 Å². The van der Waals surface area contributed by atoms with Crippen LogP contribution in [0.15, 0.2) is 118 Å². The molecule has 53 heavy (non-hydrogen) atoms. The van der Waals surface area contributed by atoms with Crippen LogP contribution >= 0.6 is 0 Å². The summed E-state index contributed by atoms with van der Waals surface area (Å²) < 4.78 is 92.8. The van der Waals surface area contributed by atoms with Gasteiger partial charge in [0.25, 0.3) is 0 Å². The number of hydrogen-bond acceptors (Lipinski definition) is 4. The van der Waals surface area contributed by atoms with Crippen molar-refractivity contribution in [2.75, 3.05) is 6.61 Å². The average Bonchev–Trinajstić information content (AvgIpc) is 3.75. The van der Waals surface area contributed by atoms with Crippen molar-refractivity contribution in [2.24, 2.45) is 10.4 Å². The Bertz CT molecular complexity index is 2740. The van der Waals surface area contributed by atoms with Crippen LogP contribution in [0.3, 0.4) is 0 Å². The van der Waals surface area contributed by atoms with Gasteiger partial charge in [0, 0.05) is 29.5 Å². The SMILES string of the molecule is [2H]C([2H])([2H])C1=C[N-]C(c2[c-]cccc2)C=C1.[2H]c1cc(CC(C)(C)C)cc(C([2H])([2H])[2H])c1-c1cc(-c2[c-]ccc3c2oc2cc(C4=NC(C)(C)CO4)ccc23)ncc1C([2H])([2H])[2H].[Ir+3]. The predicted octanol–water partition coefficient (Wildman–Crippen LogP) is 12.2. The first-order valence-corrected chi connectivity index (χ1v) is 17.2. The van der Waals surface area contributed by atoms with Crippen molar-refractivity contribution in [3.63, 3.8) is 0 Å². The van der Waals surface area contributed by atoms with E-state index in [2.05, 4.69) is 27.4 Å². The monoisotopic (exact) mass is 887 g/mol. The van der Waals surface area contributed by atoms with Crippen LogP contribution in [0.25, 0.3) is 49.6 Å². The van der Waals surface area contributed by atoms with E-state index in [-0.39, 0.29) is 71.0 Å². The Morgan fingerprint density at radius 2 is 1.83 bits per heavy atom. The molecule has 5 nitrogen and oxygen atoms in total. The third-order valence-electron chi connectivity index (χ3n) is 8.70. The van der Waals surface area contributed by atoms with Crippen LogP contribution < -0.4 is 0 Å². The molecule has 0 aliphatic carbocycles. The molecule has 2 aliphatic rings. The second kappa shape index (κ2) is 15.3. The summed E-state index contributed by atoms with van der Waals surface area (Å²) in [7, 11) is 0. The van der Waals surface area contributed by atoms with Gasteiger partial charge < -0.3 is 19.5 Å². The van der Waals surface area contributed by atoms with Crippen LogP contribution in [0, 0.1) is 31.3 Å². The molecule has 0 spiro atoms. The number of allylic oxidation sites excluding steroid dienone is 2. The Labute approximate surface area is 341 Å². The quantitative estimate of drug-likeness (QED) is 0.162. The van der Waals surface area contributed by atoms with Crippen LogP contribution in [0.4, 0.5) is 0 Å². The molecule has 6 heteroatoms. The molecule has 0 radical (unpaired) electrons. The summed E-state index contributed by atoms with van der Waals surface area (Å²) in [5.74, 6) is 0.551. The van der Waals surface area contributed by atoms with E-state index in [0.29, 0.717) is 46.9 Å². The summed E-state index contributed by atoms with van der Waals surface area (Å²) in [6.07, 6.45) is 6.63. The smallest absolute Gasteiger partial charge is 0.683 e. The van der Waals surface area contributed by atoms with Gasteiger partial charge in [-0.15, -0.1) is 18.2 Å². The standard InChI is InChI=1S/C35H35N2O2.C12H11N.Ir/c1-21-15-23(18-34(3,4)5)11-13-25(21)29-17-30(36-19-22(29)2)28-10-8-9-27-26-14-12-24(16-31(26)39-32(27)28)33-37-35(6,7)20-38-33;1-10-7-8-12(13-9-10)11-5-3-2-4-6-11;/h8-9,11-17,19H,18,20H2,1-7H3;2-5,7-9,12H,1H3;/q-1;-2;+3/i1D3,2D3,13D;1D3;. The van der Waals surface area contributed by atoms with E-state index >= 15 is 0 Å². The molecule has 1 atom stereocenters. The molecular formula is C47H46IrN3O2. The van der Waals surface area contributed by atoms with Gasteiger partial charge in [0.1, 0.15) is 12.2 Å². The van der Waals surface area contributed by atoms with Gasteiger partial charge in [0.2, 0.25) is 5.90 Å². The molecule has 0 N–H and O–H groups in total. The third-order valence-corrected chi connectivity index (χ3v) is 8.70. The van der Waals surface area contributed by atoms with Gasteiger partial charge in [-0.3, -0.25) is 0 Å². The van der Waals surface area contributed by atoms with E-state index < -0.39 is 20.6 Å². The van der Waals surface area contributed by atoms with Crippen molar-refractivity contribution in [3.05, 3.63) is 154 Å². The van der Waals surface area contributed by atoms with Gasteiger partial charge in [0.05, 0.1) is 12.5 Å². The Morgan fingerprint density at radius 3 is 2.53 bits per heavy atom. The first-order valence-electron chi connectivity index (χ1n) is 22.2. The molecule has 4 aromatic carbocycles. The fourth-order valence-electron chi connectivity index (χ4n) is 6.30.